The zero-order chi connectivity index (χ0) is 18.0. The Morgan fingerprint density at radius 2 is 2.04 bits per heavy atom. The smallest absolute Gasteiger partial charge is 0.142 e. The minimum absolute atomic E-state index is 0.567. The Balaban J connectivity index is 2.01. The van der Waals surface area contributed by atoms with Crippen LogP contribution in [0.4, 0.5) is 11.4 Å². The molecule has 3 rings (SSSR count). The second-order valence-corrected chi connectivity index (χ2v) is 5.94. The molecule has 1 heterocycles. The molecule has 5 heteroatoms. The summed E-state index contributed by atoms with van der Waals surface area (Å²) in [5, 5.41) is 13.5. The summed E-state index contributed by atoms with van der Waals surface area (Å²) in [4.78, 5) is 4.78. The number of nitrogens with zero attached hydrogens (tertiary/aromatic N) is 3. The van der Waals surface area contributed by atoms with Crippen molar-refractivity contribution in [1.82, 2.24) is 4.57 Å². The lowest BCUT2D eigenvalue weighted by Gasteiger charge is -2.12. The molecule has 3 aromatic rings. The van der Waals surface area contributed by atoms with Gasteiger partial charge in [-0.05, 0) is 49.7 Å². The maximum absolute atomic E-state index is 9.10. The van der Waals surface area contributed by atoms with Crippen molar-refractivity contribution in [2.24, 2.45) is 12.0 Å². The number of nitrogens with one attached hydrogen (secondary N) is 1. The molecule has 1 aromatic heterocycles. The molecule has 0 aliphatic heterocycles. The quantitative estimate of drug-likeness (QED) is 0.566. The Morgan fingerprint density at radius 1 is 1.24 bits per heavy atom. The van der Waals surface area contributed by atoms with Crippen molar-refractivity contribution in [3.63, 3.8) is 0 Å². The summed E-state index contributed by atoms with van der Waals surface area (Å²) in [6.07, 6.45) is 2.03. The Kier molecular flexibility index (Phi) is 4.44. The lowest BCUT2D eigenvalue weighted by molar-refractivity contribution is 0.417. The molecule has 0 fully saturated rings. The van der Waals surface area contributed by atoms with Gasteiger partial charge in [-0.3, -0.25) is 0 Å². The molecule has 0 atom stereocenters. The summed E-state index contributed by atoms with van der Waals surface area (Å²) >= 11 is 0. The number of rotatable bonds is 3. The predicted octanol–water partition coefficient (Wildman–Crippen LogP) is 4.53. The third-order valence-corrected chi connectivity index (χ3v) is 4.16. The Bertz CT molecular complexity index is 1010. The highest BCUT2D eigenvalue weighted by molar-refractivity contribution is 6.01. The molecular weight excluding hydrogens is 312 g/mol. The molecule has 0 saturated heterocycles. The molecular formula is C20H20N4O. The van der Waals surface area contributed by atoms with Crippen LogP contribution in [0.3, 0.4) is 0 Å². The van der Waals surface area contributed by atoms with Crippen molar-refractivity contribution in [1.29, 1.82) is 5.26 Å². The minimum Gasteiger partial charge on any atom is -0.495 e. The van der Waals surface area contributed by atoms with Gasteiger partial charge in [-0.25, -0.2) is 4.99 Å². The lowest BCUT2D eigenvalue weighted by Crippen LogP contribution is -2.08. The van der Waals surface area contributed by atoms with Crippen molar-refractivity contribution in [2.75, 3.05) is 12.4 Å². The first-order valence-corrected chi connectivity index (χ1v) is 7.98. The number of hydrogen-bond donors (Lipinski definition) is 1. The normalized spacial score (nSPS) is 11.4. The Morgan fingerprint density at radius 3 is 2.76 bits per heavy atom. The largest absolute Gasteiger partial charge is 0.495 e. The van der Waals surface area contributed by atoms with Crippen molar-refractivity contribution in [2.45, 2.75) is 13.8 Å². The third-order valence-electron chi connectivity index (χ3n) is 4.16. The highest BCUT2D eigenvalue weighted by atomic mass is 16.5. The fraction of sp³-hybridized carbons (Fsp3) is 0.200. The first-order valence-electron chi connectivity index (χ1n) is 7.98. The van der Waals surface area contributed by atoms with Crippen LogP contribution >= 0.6 is 0 Å². The molecule has 0 unspecified atom stereocenters. The average Bonchev–Trinajstić information content (AvgIpc) is 2.98. The van der Waals surface area contributed by atoms with E-state index >= 15 is 0 Å². The molecule has 126 valence electrons. The average molecular weight is 332 g/mol. The number of aryl methyl sites for hydroxylation is 2. The number of nitriles is 1. The van der Waals surface area contributed by atoms with Crippen molar-refractivity contribution >= 4 is 28.1 Å². The van der Waals surface area contributed by atoms with Gasteiger partial charge in [0, 0.05) is 24.1 Å². The summed E-state index contributed by atoms with van der Waals surface area (Å²) in [7, 11) is 3.63. The Hall–Kier alpha value is -3.26. The van der Waals surface area contributed by atoms with E-state index in [4.69, 9.17) is 15.0 Å². The first-order chi connectivity index (χ1) is 12.0. The molecule has 0 radical (unpaired) electrons. The molecule has 0 amide bonds. The van der Waals surface area contributed by atoms with Crippen LogP contribution < -0.4 is 10.1 Å². The second-order valence-electron chi connectivity index (χ2n) is 5.94. The van der Waals surface area contributed by atoms with E-state index in [9.17, 15) is 0 Å². The van der Waals surface area contributed by atoms with Gasteiger partial charge in [0.05, 0.1) is 30.1 Å². The van der Waals surface area contributed by atoms with Gasteiger partial charge in [0.25, 0.3) is 0 Å². The van der Waals surface area contributed by atoms with Crippen molar-refractivity contribution < 1.29 is 4.74 Å². The van der Waals surface area contributed by atoms with E-state index < -0.39 is 0 Å². The molecule has 1 N–H and O–H groups in total. The van der Waals surface area contributed by atoms with Crippen LogP contribution in [0.2, 0.25) is 0 Å². The van der Waals surface area contributed by atoms with Crippen molar-refractivity contribution in [3.8, 4) is 11.8 Å². The van der Waals surface area contributed by atoms with E-state index in [1.54, 1.807) is 25.3 Å². The van der Waals surface area contributed by atoms with Crippen LogP contribution in [0.1, 0.15) is 18.1 Å². The summed E-state index contributed by atoms with van der Waals surface area (Å²) in [6.45, 7) is 3.95. The van der Waals surface area contributed by atoms with Crippen LogP contribution in [0, 0.1) is 18.3 Å². The number of aliphatic imine (C=N–C) groups is 1. The third kappa shape index (κ3) is 3.20. The van der Waals surface area contributed by atoms with Crippen LogP contribution in [0.5, 0.6) is 5.75 Å². The van der Waals surface area contributed by atoms with Crippen LogP contribution in [-0.4, -0.2) is 17.5 Å². The maximum atomic E-state index is 9.10. The molecule has 0 spiro atoms. The molecule has 0 aliphatic rings. The second kappa shape index (κ2) is 6.70. The standard InChI is InChI=1S/C20H20N4O/c1-13-5-7-18-16(9-10-24(18)3)20(13)23-14(2)22-17-11-15(12-21)6-8-19(17)25-4/h5-11H,1-4H3,(H,22,23). The molecule has 0 aliphatic carbocycles. The van der Waals surface area contributed by atoms with Crippen molar-refractivity contribution in [3.05, 3.63) is 53.7 Å². The van der Waals surface area contributed by atoms with Crippen LogP contribution in [0.25, 0.3) is 10.9 Å². The minimum atomic E-state index is 0.567. The van der Waals surface area contributed by atoms with Gasteiger partial charge in [-0.15, -0.1) is 0 Å². The summed E-state index contributed by atoms with van der Waals surface area (Å²) in [5.41, 5.74) is 4.48. The summed E-state index contributed by atoms with van der Waals surface area (Å²) in [6, 6.07) is 13.7. The van der Waals surface area contributed by atoms with E-state index in [2.05, 4.69) is 41.1 Å². The number of fused-ring (bicyclic) bond motifs is 1. The topological polar surface area (TPSA) is 62.3 Å². The van der Waals surface area contributed by atoms with Gasteiger partial charge in [-0.1, -0.05) is 6.07 Å². The summed E-state index contributed by atoms with van der Waals surface area (Å²) < 4.78 is 7.44. The molecule has 25 heavy (non-hydrogen) atoms. The highest BCUT2D eigenvalue weighted by Crippen LogP contribution is 2.31. The number of ether oxygens (including phenoxy) is 1. The molecule has 2 aromatic carbocycles. The Labute approximate surface area is 147 Å². The van der Waals surface area contributed by atoms with Gasteiger partial charge in [0.15, 0.2) is 0 Å². The van der Waals surface area contributed by atoms with Crippen LogP contribution in [-0.2, 0) is 7.05 Å². The van der Waals surface area contributed by atoms with E-state index in [1.165, 1.54) is 0 Å². The van der Waals surface area contributed by atoms with Gasteiger partial charge in [-0.2, -0.15) is 5.26 Å². The lowest BCUT2D eigenvalue weighted by atomic mass is 10.1. The molecule has 0 saturated carbocycles. The SMILES string of the molecule is COc1ccc(C#N)cc1NC(C)=Nc1c(C)ccc2c1ccn2C. The zero-order valence-electron chi connectivity index (χ0n) is 14.8. The van der Waals surface area contributed by atoms with Gasteiger partial charge < -0.3 is 14.6 Å². The fourth-order valence-electron chi connectivity index (χ4n) is 2.86. The van der Waals surface area contributed by atoms with E-state index in [0.29, 0.717) is 11.3 Å². The number of methoxy groups -OCH3 is 1. The predicted molar refractivity (Wildman–Crippen MR) is 102 cm³/mol. The van der Waals surface area contributed by atoms with E-state index in [-0.39, 0.29) is 0 Å². The monoisotopic (exact) mass is 332 g/mol. The number of benzene rings is 2. The molecule has 0 bridgehead atoms. The van der Waals surface area contributed by atoms with E-state index in [0.717, 1.165) is 33.7 Å². The number of aromatic nitrogens is 1. The fourth-order valence-corrected chi connectivity index (χ4v) is 2.86. The van der Waals surface area contributed by atoms with Gasteiger partial charge >= 0.3 is 0 Å². The summed E-state index contributed by atoms with van der Waals surface area (Å²) in [5.74, 6) is 1.40. The zero-order valence-corrected chi connectivity index (χ0v) is 14.8. The van der Waals surface area contributed by atoms with Gasteiger partial charge in [0.1, 0.15) is 11.6 Å². The highest BCUT2D eigenvalue weighted by Gasteiger charge is 2.09. The van der Waals surface area contributed by atoms with Gasteiger partial charge in [0.2, 0.25) is 0 Å². The number of anilines is 1. The van der Waals surface area contributed by atoms with Crippen LogP contribution in [0.15, 0.2) is 47.6 Å². The maximum Gasteiger partial charge on any atom is 0.142 e. The number of hydrogen-bond acceptors (Lipinski definition) is 3. The molecule has 5 nitrogen and oxygen atoms in total. The van der Waals surface area contributed by atoms with E-state index in [1.807, 2.05) is 20.2 Å². The first kappa shape index (κ1) is 16.6. The number of amidine groups is 1.